The van der Waals surface area contributed by atoms with E-state index < -0.39 is 0 Å². The van der Waals surface area contributed by atoms with Crippen molar-refractivity contribution in [3.05, 3.63) is 39.5 Å². The fraction of sp³-hybridized carbons (Fsp3) is 0.250. The van der Waals surface area contributed by atoms with Crippen molar-refractivity contribution in [3.63, 3.8) is 0 Å². The molecule has 0 amide bonds. The van der Waals surface area contributed by atoms with Gasteiger partial charge in [-0.1, -0.05) is 6.58 Å². The zero-order valence-electron chi connectivity index (χ0n) is 9.25. The van der Waals surface area contributed by atoms with Gasteiger partial charge >= 0.3 is 5.97 Å². The maximum atomic E-state index is 11.3. The molecule has 0 unspecified atom stereocenters. The average molecular weight is 332 g/mol. The van der Waals surface area contributed by atoms with Gasteiger partial charge in [0.2, 0.25) is 0 Å². The average Bonchev–Trinajstić information content (AvgIpc) is 2.26. The third-order valence-electron chi connectivity index (χ3n) is 1.83. The van der Waals surface area contributed by atoms with E-state index in [2.05, 4.69) is 33.9 Å². The molecule has 1 rings (SSSR count). The van der Waals surface area contributed by atoms with Gasteiger partial charge in [-0.2, -0.15) is 0 Å². The van der Waals surface area contributed by atoms with E-state index in [1.54, 1.807) is 12.1 Å². The molecular formula is C12H13IO3. The molecule has 3 nitrogen and oxygen atoms in total. The number of hydrogen-bond donors (Lipinski definition) is 0. The van der Waals surface area contributed by atoms with Crippen molar-refractivity contribution in [1.82, 2.24) is 0 Å². The van der Waals surface area contributed by atoms with Gasteiger partial charge in [-0.05, 0) is 53.3 Å². The molecule has 1 aromatic carbocycles. The SMILES string of the molecule is C=C(C)COc1cc(C(=O)OC)ccc1I. The summed E-state index contributed by atoms with van der Waals surface area (Å²) in [5, 5.41) is 0. The second kappa shape index (κ2) is 5.89. The van der Waals surface area contributed by atoms with Crippen LogP contribution in [-0.2, 0) is 4.74 Å². The Morgan fingerprint density at radius 2 is 2.19 bits per heavy atom. The minimum absolute atomic E-state index is 0.364. The Bertz CT molecular complexity index is 413. The second-order valence-electron chi connectivity index (χ2n) is 3.38. The first-order valence-corrected chi connectivity index (χ1v) is 5.77. The minimum atomic E-state index is -0.364. The van der Waals surface area contributed by atoms with E-state index in [-0.39, 0.29) is 5.97 Å². The highest BCUT2D eigenvalue weighted by Gasteiger charge is 2.09. The summed E-state index contributed by atoms with van der Waals surface area (Å²) in [6.45, 7) is 6.09. The summed E-state index contributed by atoms with van der Waals surface area (Å²) in [4.78, 5) is 11.3. The van der Waals surface area contributed by atoms with Gasteiger partial charge in [0.15, 0.2) is 0 Å². The molecule has 16 heavy (non-hydrogen) atoms. The van der Waals surface area contributed by atoms with Crippen LogP contribution in [0.3, 0.4) is 0 Å². The summed E-state index contributed by atoms with van der Waals surface area (Å²) in [5.74, 6) is 0.308. The fourth-order valence-corrected chi connectivity index (χ4v) is 1.55. The summed E-state index contributed by atoms with van der Waals surface area (Å²) in [6, 6.07) is 5.21. The van der Waals surface area contributed by atoms with Gasteiger partial charge in [0.25, 0.3) is 0 Å². The van der Waals surface area contributed by atoms with Crippen molar-refractivity contribution in [2.75, 3.05) is 13.7 Å². The predicted octanol–water partition coefficient (Wildman–Crippen LogP) is 3.03. The standard InChI is InChI=1S/C12H13IO3/c1-8(2)7-16-11-6-9(12(14)15-3)4-5-10(11)13/h4-6H,1,7H2,2-3H3. The van der Waals surface area contributed by atoms with Gasteiger partial charge in [0, 0.05) is 0 Å². The maximum absolute atomic E-state index is 11.3. The van der Waals surface area contributed by atoms with Gasteiger partial charge < -0.3 is 9.47 Å². The molecule has 0 aliphatic rings. The molecule has 1 aromatic rings. The Morgan fingerprint density at radius 1 is 1.50 bits per heavy atom. The van der Waals surface area contributed by atoms with Crippen LogP contribution in [0.15, 0.2) is 30.4 Å². The third-order valence-corrected chi connectivity index (χ3v) is 2.72. The molecule has 0 fully saturated rings. The van der Waals surface area contributed by atoms with Crippen LogP contribution in [0.4, 0.5) is 0 Å². The van der Waals surface area contributed by atoms with Gasteiger partial charge in [0.1, 0.15) is 12.4 Å². The molecule has 0 aliphatic heterocycles. The fourth-order valence-electron chi connectivity index (χ4n) is 1.06. The highest BCUT2D eigenvalue weighted by atomic mass is 127. The summed E-state index contributed by atoms with van der Waals surface area (Å²) >= 11 is 2.15. The Balaban J connectivity index is 2.90. The second-order valence-corrected chi connectivity index (χ2v) is 4.54. The number of halogens is 1. The van der Waals surface area contributed by atoms with Crippen LogP contribution in [0.1, 0.15) is 17.3 Å². The van der Waals surface area contributed by atoms with Crippen LogP contribution in [-0.4, -0.2) is 19.7 Å². The number of carbonyl (C=O) groups excluding carboxylic acids is 1. The van der Waals surface area contributed by atoms with E-state index >= 15 is 0 Å². The Labute approximate surface area is 109 Å². The normalized spacial score (nSPS) is 9.69. The number of rotatable bonds is 4. The number of hydrogen-bond acceptors (Lipinski definition) is 3. The topological polar surface area (TPSA) is 35.5 Å². The monoisotopic (exact) mass is 332 g/mol. The quantitative estimate of drug-likeness (QED) is 0.483. The lowest BCUT2D eigenvalue weighted by Crippen LogP contribution is -2.04. The van der Waals surface area contributed by atoms with Crippen molar-refractivity contribution in [2.45, 2.75) is 6.92 Å². The molecule has 0 atom stereocenters. The molecule has 86 valence electrons. The van der Waals surface area contributed by atoms with Gasteiger partial charge in [-0.15, -0.1) is 0 Å². The Kier molecular flexibility index (Phi) is 4.79. The lowest BCUT2D eigenvalue weighted by Gasteiger charge is -2.09. The van der Waals surface area contributed by atoms with Crippen molar-refractivity contribution in [1.29, 1.82) is 0 Å². The smallest absolute Gasteiger partial charge is 0.337 e. The van der Waals surface area contributed by atoms with E-state index in [0.717, 1.165) is 9.14 Å². The summed E-state index contributed by atoms with van der Waals surface area (Å²) in [7, 11) is 1.36. The zero-order chi connectivity index (χ0) is 12.1. The highest BCUT2D eigenvalue weighted by Crippen LogP contribution is 2.23. The van der Waals surface area contributed by atoms with Crippen molar-refractivity contribution < 1.29 is 14.3 Å². The number of methoxy groups -OCH3 is 1. The lowest BCUT2D eigenvalue weighted by atomic mass is 10.2. The zero-order valence-corrected chi connectivity index (χ0v) is 11.4. The first-order chi connectivity index (χ1) is 7.54. The van der Waals surface area contributed by atoms with E-state index in [0.29, 0.717) is 17.9 Å². The number of carbonyl (C=O) groups is 1. The molecule has 4 heteroatoms. The molecule has 0 saturated heterocycles. The summed E-state index contributed by atoms with van der Waals surface area (Å²) in [5.41, 5.74) is 1.42. The summed E-state index contributed by atoms with van der Waals surface area (Å²) in [6.07, 6.45) is 0. The van der Waals surface area contributed by atoms with Crippen molar-refractivity contribution in [3.8, 4) is 5.75 Å². The summed E-state index contributed by atoms with van der Waals surface area (Å²) < 4.78 is 11.1. The Hall–Kier alpha value is -1.04. The number of esters is 1. The van der Waals surface area contributed by atoms with Crippen LogP contribution in [0.5, 0.6) is 5.75 Å². The number of ether oxygens (including phenoxy) is 2. The van der Waals surface area contributed by atoms with Crippen LogP contribution < -0.4 is 4.74 Å². The lowest BCUT2D eigenvalue weighted by molar-refractivity contribution is 0.0600. The van der Waals surface area contributed by atoms with Gasteiger partial charge in [-0.25, -0.2) is 4.79 Å². The van der Waals surface area contributed by atoms with Crippen LogP contribution in [0.25, 0.3) is 0 Å². The first kappa shape index (κ1) is 13.0. The van der Waals surface area contributed by atoms with Gasteiger partial charge in [0.05, 0.1) is 16.2 Å². The third kappa shape index (κ3) is 3.52. The van der Waals surface area contributed by atoms with Crippen molar-refractivity contribution in [2.24, 2.45) is 0 Å². The molecule has 0 aliphatic carbocycles. The molecule has 0 radical (unpaired) electrons. The van der Waals surface area contributed by atoms with E-state index in [9.17, 15) is 4.79 Å². The van der Waals surface area contributed by atoms with Crippen LogP contribution in [0, 0.1) is 3.57 Å². The van der Waals surface area contributed by atoms with E-state index in [1.165, 1.54) is 7.11 Å². The largest absolute Gasteiger partial charge is 0.488 e. The maximum Gasteiger partial charge on any atom is 0.337 e. The van der Waals surface area contributed by atoms with E-state index in [1.807, 2.05) is 13.0 Å². The molecule has 0 spiro atoms. The van der Waals surface area contributed by atoms with E-state index in [4.69, 9.17) is 4.74 Å². The molecule has 0 N–H and O–H groups in total. The van der Waals surface area contributed by atoms with Crippen LogP contribution >= 0.6 is 22.6 Å². The first-order valence-electron chi connectivity index (χ1n) is 4.69. The molecular weight excluding hydrogens is 319 g/mol. The Morgan fingerprint density at radius 3 is 2.75 bits per heavy atom. The predicted molar refractivity (Wildman–Crippen MR) is 70.8 cm³/mol. The molecule has 0 heterocycles. The molecule has 0 saturated carbocycles. The molecule has 0 bridgehead atoms. The minimum Gasteiger partial charge on any atom is -0.488 e. The van der Waals surface area contributed by atoms with Crippen LogP contribution in [0.2, 0.25) is 0 Å². The highest BCUT2D eigenvalue weighted by molar-refractivity contribution is 14.1. The van der Waals surface area contributed by atoms with Crippen molar-refractivity contribution >= 4 is 28.6 Å². The molecule has 0 aromatic heterocycles. The number of benzene rings is 1. The van der Waals surface area contributed by atoms with Gasteiger partial charge in [-0.3, -0.25) is 0 Å².